The average Bonchev–Trinajstić information content (AvgIpc) is 2.59. The zero-order valence-electron chi connectivity index (χ0n) is 13.5. The lowest BCUT2D eigenvalue weighted by Crippen LogP contribution is -2.36. The number of halogens is 1. The van der Waals surface area contributed by atoms with Gasteiger partial charge in [-0.25, -0.2) is 4.39 Å². The molecule has 1 unspecified atom stereocenters. The maximum absolute atomic E-state index is 13.1. The average molecular weight is 330 g/mol. The molecule has 2 N–H and O–H groups in total. The Hall–Kier alpha value is -2.89. The lowest BCUT2D eigenvalue weighted by molar-refractivity contribution is 0.0926. The van der Waals surface area contributed by atoms with E-state index in [4.69, 9.17) is 4.74 Å². The van der Waals surface area contributed by atoms with Gasteiger partial charge in [-0.1, -0.05) is 12.1 Å². The molecule has 0 aliphatic rings. The molecule has 24 heavy (non-hydrogen) atoms. The highest BCUT2D eigenvalue weighted by Gasteiger charge is 2.12. The van der Waals surface area contributed by atoms with Crippen molar-refractivity contribution < 1.29 is 18.7 Å². The van der Waals surface area contributed by atoms with Gasteiger partial charge in [-0.15, -0.1) is 0 Å². The molecule has 0 saturated heterocycles. The van der Waals surface area contributed by atoms with Crippen LogP contribution in [0.3, 0.4) is 0 Å². The van der Waals surface area contributed by atoms with E-state index in [1.54, 1.807) is 37.3 Å². The number of hydrogen-bond acceptors (Lipinski definition) is 3. The van der Waals surface area contributed by atoms with Crippen LogP contribution in [0.25, 0.3) is 0 Å². The number of nitrogens with one attached hydrogen (secondary N) is 2. The molecule has 0 heterocycles. The van der Waals surface area contributed by atoms with Crippen molar-refractivity contribution in [1.29, 1.82) is 0 Å². The quantitative estimate of drug-likeness (QED) is 0.854. The fraction of sp³-hybridized carbons (Fsp3) is 0.222. The van der Waals surface area contributed by atoms with E-state index in [9.17, 15) is 14.0 Å². The Morgan fingerprint density at radius 3 is 2.42 bits per heavy atom. The first kappa shape index (κ1) is 17.5. The van der Waals surface area contributed by atoms with Gasteiger partial charge < -0.3 is 15.4 Å². The Labute approximate surface area is 139 Å². The van der Waals surface area contributed by atoms with E-state index in [-0.39, 0.29) is 30.3 Å². The van der Waals surface area contributed by atoms with Crippen LogP contribution >= 0.6 is 0 Å². The highest BCUT2D eigenvalue weighted by atomic mass is 19.1. The van der Waals surface area contributed by atoms with Gasteiger partial charge in [0.1, 0.15) is 18.2 Å². The molecular weight excluding hydrogens is 311 g/mol. The number of ether oxygens (including phenoxy) is 1. The summed E-state index contributed by atoms with van der Waals surface area (Å²) in [7, 11) is 1.53. The monoisotopic (exact) mass is 330 g/mol. The highest BCUT2D eigenvalue weighted by Crippen LogP contribution is 2.12. The zero-order valence-corrected chi connectivity index (χ0v) is 13.5. The third-order valence-electron chi connectivity index (χ3n) is 3.29. The SMILES string of the molecule is CNC(=O)c1cccc(C(=O)NC(C)COc2cccc(F)c2)c1. The van der Waals surface area contributed by atoms with E-state index in [1.165, 1.54) is 25.2 Å². The van der Waals surface area contributed by atoms with Gasteiger partial charge in [-0.2, -0.15) is 0 Å². The predicted octanol–water partition coefficient (Wildman–Crippen LogP) is 2.38. The molecule has 2 rings (SSSR count). The summed E-state index contributed by atoms with van der Waals surface area (Å²) in [6, 6.07) is 11.9. The van der Waals surface area contributed by atoms with Crippen LogP contribution in [0.15, 0.2) is 48.5 Å². The van der Waals surface area contributed by atoms with Crippen LogP contribution in [0.4, 0.5) is 4.39 Å². The number of benzene rings is 2. The second-order valence-corrected chi connectivity index (χ2v) is 5.30. The summed E-state index contributed by atoms with van der Waals surface area (Å²) in [4.78, 5) is 23.8. The van der Waals surface area contributed by atoms with Crippen molar-refractivity contribution in [3.63, 3.8) is 0 Å². The van der Waals surface area contributed by atoms with Crippen LogP contribution in [0.1, 0.15) is 27.6 Å². The maximum Gasteiger partial charge on any atom is 0.251 e. The van der Waals surface area contributed by atoms with Crippen LogP contribution in [-0.2, 0) is 0 Å². The van der Waals surface area contributed by atoms with Crippen molar-refractivity contribution in [2.45, 2.75) is 13.0 Å². The molecule has 0 saturated carbocycles. The molecule has 0 aromatic heterocycles. The molecule has 2 aromatic carbocycles. The maximum atomic E-state index is 13.1. The van der Waals surface area contributed by atoms with Gasteiger partial charge in [0.25, 0.3) is 11.8 Å². The van der Waals surface area contributed by atoms with E-state index in [0.717, 1.165) is 0 Å². The first-order valence-electron chi connectivity index (χ1n) is 7.51. The molecule has 0 bridgehead atoms. The fourth-order valence-electron chi connectivity index (χ4n) is 2.07. The van der Waals surface area contributed by atoms with E-state index in [1.807, 2.05) is 0 Å². The fourth-order valence-corrected chi connectivity index (χ4v) is 2.07. The minimum absolute atomic E-state index is 0.199. The molecule has 6 heteroatoms. The molecule has 2 aromatic rings. The van der Waals surface area contributed by atoms with E-state index >= 15 is 0 Å². The molecule has 1 atom stereocenters. The number of hydrogen-bond donors (Lipinski definition) is 2. The third-order valence-corrected chi connectivity index (χ3v) is 3.29. The molecular formula is C18H19FN2O3. The van der Waals surface area contributed by atoms with Gasteiger partial charge in [-0.05, 0) is 37.3 Å². The van der Waals surface area contributed by atoms with E-state index in [0.29, 0.717) is 16.9 Å². The largest absolute Gasteiger partial charge is 0.491 e. The Morgan fingerprint density at radius 2 is 1.75 bits per heavy atom. The number of amides is 2. The van der Waals surface area contributed by atoms with Crippen molar-refractivity contribution in [1.82, 2.24) is 10.6 Å². The van der Waals surface area contributed by atoms with Crippen molar-refractivity contribution in [3.8, 4) is 5.75 Å². The molecule has 0 fully saturated rings. The van der Waals surface area contributed by atoms with Gasteiger partial charge in [0.2, 0.25) is 0 Å². The second kappa shape index (κ2) is 8.10. The highest BCUT2D eigenvalue weighted by molar-refractivity contribution is 5.99. The molecule has 0 aliphatic heterocycles. The van der Waals surface area contributed by atoms with Gasteiger partial charge in [0.05, 0.1) is 6.04 Å². The smallest absolute Gasteiger partial charge is 0.251 e. The molecule has 126 valence electrons. The van der Waals surface area contributed by atoms with Gasteiger partial charge in [0, 0.05) is 24.2 Å². The normalized spacial score (nSPS) is 11.5. The Kier molecular flexibility index (Phi) is 5.89. The lowest BCUT2D eigenvalue weighted by atomic mass is 10.1. The Bertz CT molecular complexity index is 734. The van der Waals surface area contributed by atoms with Crippen molar-refractivity contribution in [2.75, 3.05) is 13.7 Å². The molecule has 5 nitrogen and oxygen atoms in total. The topological polar surface area (TPSA) is 67.4 Å². The van der Waals surface area contributed by atoms with Gasteiger partial charge >= 0.3 is 0 Å². The first-order chi connectivity index (χ1) is 11.5. The van der Waals surface area contributed by atoms with Gasteiger partial charge in [0.15, 0.2) is 0 Å². The summed E-state index contributed by atoms with van der Waals surface area (Å²) in [5, 5.41) is 5.29. The summed E-state index contributed by atoms with van der Waals surface area (Å²) < 4.78 is 18.5. The van der Waals surface area contributed by atoms with E-state index < -0.39 is 0 Å². The van der Waals surface area contributed by atoms with E-state index in [2.05, 4.69) is 10.6 Å². The minimum atomic E-state index is -0.379. The number of carbonyl (C=O) groups excluding carboxylic acids is 2. The Morgan fingerprint density at radius 1 is 1.08 bits per heavy atom. The number of rotatable bonds is 6. The van der Waals surface area contributed by atoms with Crippen LogP contribution in [0, 0.1) is 5.82 Å². The molecule has 0 aliphatic carbocycles. The molecule has 0 radical (unpaired) electrons. The summed E-state index contributed by atoms with van der Waals surface area (Å²) in [5.41, 5.74) is 0.794. The van der Waals surface area contributed by atoms with Crippen LogP contribution < -0.4 is 15.4 Å². The first-order valence-corrected chi connectivity index (χ1v) is 7.51. The standard InChI is InChI=1S/C18H19FN2O3/c1-12(11-24-16-8-4-7-15(19)10-16)21-18(23)14-6-3-5-13(9-14)17(22)20-2/h3-10,12H,11H2,1-2H3,(H,20,22)(H,21,23). The zero-order chi connectivity index (χ0) is 17.5. The van der Waals surface area contributed by atoms with Gasteiger partial charge in [-0.3, -0.25) is 9.59 Å². The minimum Gasteiger partial charge on any atom is -0.491 e. The van der Waals surface area contributed by atoms with Crippen LogP contribution in [-0.4, -0.2) is 31.5 Å². The summed E-state index contributed by atoms with van der Waals surface area (Å²) in [6.07, 6.45) is 0. The third kappa shape index (κ3) is 4.81. The summed E-state index contributed by atoms with van der Waals surface area (Å²) in [6.45, 7) is 1.98. The van der Waals surface area contributed by atoms with Crippen LogP contribution in [0.5, 0.6) is 5.75 Å². The summed E-state index contributed by atoms with van der Waals surface area (Å²) >= 11 is 0. The van der Waals surface area contributed by atoms with Crippen LogP contribution in [0.2, 0.25) is 0 Å². The second-order valence-electron chi connectivity index (χ2n) is 5.30. The molecule has 2 amide bonds. The van der Waals surface area contributed by atoms with Crippen molar-refractivity contribution in [3.05, 3.63) is 65.5 Å². The Balaban J connectivity index is 1.92. The van der Waals surface area contributed by atoms with Crippen molar-refractivity contribution >= 4 is 11.8 Å². The van der Waals surface area contributed by atoms with Crippen molar-refractivity contribution in [2.24, 2.45) is 0 Å². The predicted molar refractivity (Wildman–Crippen MR) is 88.7 cm³/mol. The number of carbonyl (C=O) groups is 2. The lowest BCUT2D eigenvalue weighted by Gasteiger charge is -2.15. The summed E-state index contributed by atoms with van der Waals surface area (Å²) in [5.74, 6) is -0.545. The molecule has 0 spiro atoms.